The van der Waals surface area contributed by atoms with Crippen molar-refractivity contribution in [2.75, 3.05) is 11.9 Å². The van der Waals surface area contributed by atoms with Crippen LogP contribution in [0.1, 0.15) is 44.9 Å². The quantitative estimate of drug-likeness (QED) is 0.295. The van der Waals surface area contributed by atoms with E-state index < -0.39 is 29.2 Å². The minimum absolute atomic E-state index is 0.123. The first kappa shape index (κ1) is 23.5. The van der Waals surface area contributed by atoms with Gasteiger partial charge in [0.15, 0.2) is 0 Å². The van der Waals surface area contributed by atoms with E-state index in [2.05, 4.69) is 16.1 Å². The zero-order valence-electron chi connectivity index (χ0n) is 17.5. The molecule has 1 heterocycles. The number of terminal acetylenes is 1. The fourth-order valence-electron chi connectivity index (χ4n) is 3.36. The van der Waals surface area contributed by atoms with Gasteiger partial charge in [0.1, 0.15) is 11.5 Å². The predicted octanol–water partition coefficient (Wildman–Crippen LogP) is 3.36. The molecular weight excluding hydrogens is 401 g/mol. The lowest BCUT2D eigenvalue weighted by atomic mass is 9.94. The van der Waals surface area contributed by atoms with Crippen LogP contribution >= 0.6 is 0 Å². The van der Waals surface area contributed by atoms with Crippen molar-refractivity contribution < 1.29 is 23.9 Å². The van der Waals surface area contributed by atoms with Gasteiger partial charge >= 0.3 is 0 Å². The van der Waals surface area contributed by atoms with Gasteiger partial charge in [-0.2, -0.15) is 0 Å². The Bertz CT molecular complexity index is 1140. The Hall–Kier alpha value is -3.75. The van der Waals surface area contributed by atoms with Crippen LogP contribution in [-0.2, 0) is 11.8 Å². The van der Waals surface area contributed by atoms with Crippen molar-refractivity contribution in [3.8, 4) is 12.3 Å². The standard InChI is InChI=1S/C23H22FN3O4/c1-6-15(9-10-28)11-19(29)22(30)20-13(2)21(27(5)14(20)3)23(31)26-16-7-8-17(24)18(12-16)25-4/h1,7-8,12,15,28H,9-11H2,2-3,5H3,(H,26,31). The summed E-state index contributed by atoms with van der Waals surface area (Å²) in [6.45, 7) is 9.96. The van der Waals surface area contributed by atoms with E-state index in [4.69, 9.17) is 18.1 Å². The van der Waals surface area contributed by atoms with Crippen LogP contribution in [0.15, 0.2) is 18.2 Å². The lowest BCUT2D eigenvalue weighted by molar-refractivity contribution is -0.115. The molecule has 8 heteroatoms. The number of aliphatic hydroxyl groups excluding tert-OH is 1. The zero-order valence-corrected chi connectivity index (χ0v) is 17.5. The van der Waals surface area contributed by atoms with Gasteiger partial charge in [-0.05, 0) is 44.0 Å². The molecule has 0 aliphatic heterocycles. The van der Waals surface area contributed by atoms with E-state index in [-0.39, 0.29) is 42.1 Å². The smallest absolute Gasteiger partial charge is 0.272 e. The van der Waals surface area contributed by atoms with Crippen molar-refractivity contribution in [2.45, 2.75) is 26.7 Å². The molecule has 1 atom stereocenters. The number of halogens is 1. The molecule has 2 aromatic rings. The molecule has 7 nitrogen and oxygen atoms in total. The third kappa shape index (κ3) is 4.88. The summed E-state index contributed by atoms with van der Waals surface area (Å²) in [7, 11) is 1.59. The molecule has 0 spiro atoms. The number of Topliss-reactive ketones (excluding diaryl/α,β-unsaturated/α-hetero) is 2. The first-order valence-corrected chi connectivity index (χ1v) is 9.44. The van der Waals surface area contributed by atoms with Crippen molar-refractivity contribution in [1.29, 1.82) is 0 Å². The second-order valence-corrected chi connectivity index (χ2v) is 7.06. The Labute approximate surface area is 179 Å². The minimum atomic E-state index is -0.750. The number of hydrogen-bond donors (Lipinski definition) is 2. The molecular formula is C23H22FN3O4. The van der Waals surface area contributed by atoms with Crippen molar-refractivity contribution >= 4 is 28.8 Å². The number of amides is 1. The molecule has 0 saturated heterocycles. The predicted molar refractivity (Wildman–Crippen MR) is 113 cm³/mol. The summed E-state index contributed by atoms with van der Waals surface area (Å²) in [5, 5.41) is 11.6. The van der Waals surface area contributed by atoms with Gasteiger partial charge in [0, 0.05) is 37.4 Å². The summed E-state index contributed by atoms with van der Waals surface area (Å²) < 4.78 is 15.0. The summed E-state index contributed by atoms with van der Waals surface area (Å²) in [5.74, 6) is -0.869. The van der Waals surface area contributed by atoms with E-state index in [1.54, 1.807) is 20.9 Å². The second-order valence-electron chi connectivity index (χ2n) is 7.06. The van der Waals surface area contributed by atoms with Gasteiger partial charge in [0.05, 0.1) is 12.1 Å². The van der Waals surface area contributed by atoms with Gasteiger partial charge in [0.25, 0.3) is 5.91 Å². The van der Waals surface area contributed by atoms with Crippen LogP contribution in [0.4, 0.5) is 15.8 Å². The van der Waals surface area contributed by atoms with Crippen molar-refractivity contribution in [2.24, 2.45) is 13.0 Å². The molecule has 2 N–H and O–H groups in total. The highest BCUT2D eigenvalue weighted by molar-refractivity contribution is 6.44. The van der Waals surface area contributed by atoms with E-state index >= 15 is 0 Å². The van der Waals surface area contributed by atoms with Crippen LogP contribution in [0.25, 0.3) is 4.85 Å². The van der Waals surface area contributed by atoms with E-state index in [9.17, 15) is 18.8 Å². The average molecular weight is 423 g/mol. The topological polar surface area (TPSA) is 92.8 Å². The normalized spacial score (nSPS) is 11.3. The molecule has 31 heavy (non-hydrogen) atoms. The Morgan fingerprint density at radius 3 is 2.61 bits per heavy atom. The number of nitrogens with zero attached hydrogens (tertiary/aromatic N) is 2. The minimum Gasteiger partial charge on any atom is -0.396 e. The lowest BCUT2D eigenvalue weighted by Crippen LogP contribution is -2.20. The van der Waals surface area contributed by atoms with Crippen LogP contribution < -0.4 is 5.32 Å². The maximum atomic E-state index is 13.5. The van der Waals surface area contributed by atoms with Crippen LogP contribution in [0.2, 0.25) is 0 Å². The van der Waals surface area contributed by atoms with Gasteiger partial charge in [-0.1, -0.05) is 0 Å². The van der Waals surface area contributed by atoms with Crippen molar-refractivity contribution in [1.82, 2.24) is 4.57 Å². The number of benzene rings is 1. The molecule has 1 aromatic carbocycles. The first-order valence-electron chi connectivity index (χ1n) is 9.44. The number of aliphatic hydroxyl groups is 1. The number of nitrogens with one attached hydrogen (secondary N) is 1. The van der Waals surface area contributed by atoms with E-state index in [1.807, 2.05) is 0 Å². The lowest BCUT2D eigenvalue weighted by Gasteiger charge is -2.09. The average Bonchev–Trinajstić information content (AvgIpc) is 2.96. The largest absolute Gasteiger partial charge is 0.396 e. The van der Waals surface area contributed by atoms with Crippen LogP contribution in [0.5, 0.6) is 0 Å². The third-order valence-electron chi connectivity index (χ3n) is 5.10. The van der Waals surface area contributed by atoms with Crippen molar-refractivity contribution in [3.05, 3.63) is 57.9 Å². The number of hydrogen-bond acceptors (Lipinski definition) is 4. The van der Waals surface area contributed by atoms with Gasteiger partial charge < -0.3 is 15.0 Å². The molecule has 0 aliphatic carbocycles. The molecule has 2 rings (SSSR count). The van der Waals surface area contributed by atoms with Crippen molar-refractivity contribution in [3.63, 3.8) is 0 Å². The molecule has 1 amide bonds. The fourth-order valence-corrected chi connectivity index (χ4v) is 3.36. The summed E-state index contributed by atoms with van der Waals surface area (Å²) >= 11 is 0. The Morgan fingerprint density at radius 2 is 2.03 bits per heavy atom. The number of rotatable bonds is 8. The Morgan fingerprint density at radius 1 is 1.35 bits per heavy atom. The van der Waals surface area contributed by atoms with E-state index in [0.29, 0.717) is 11.3 Å². The highest BCUT2D eigenvalue weighted by atomic mass is 19.1. The second kappa shape index (κ2) is 9.84. The summed E-state index contributed by atoms with van der Waals surface area (Å²) in [6, 6.07) is 3.61. The fraction of sp³-hybridized carbons (Fsp3) is 0.304. The zero-order chi connectivity index (χ0) is 23.3. The number of carbonyl (C=O) groups is 3. The summed E-state index contributed by atoms with van der Waals surface area (Å²) in [5.41, 5.74) is 1.03. The molecule has 0 bridgehead atoms. The van der Waals surface area contributed by atoms with Crippen LogP contribution in [0.3, 0.4) is 0 Å². The molecule has 160 valence electrons. The highest BCUT2D eigenvalue weighted by Gasteiger charge is 2.29. The Kier molecular flexibility index (Phi) is 7.47. The van der Waals surface area contributed by atoms with Gasteiger partial charge in [-0.25, -0.2) is 9.24 Å². The van der Waals surface area contributed by atoms with Gasteiger partial charge in [-0.15, -0.1) is 12.3 Å². The molecule has 0 fully saturated rings. The summed E-state index contributed by atoms with van der Waals surface area (Å²) in [6.07, 6.45) is 5.37. The monoisotopic (exact) mass is 423 g/mol. The Balaban J connectivity index is 2.34. The molecule has 0 radical (unpaired) electrons. The van der Waals surface area contributed by atoms with E-state index in [0.717, 1.165) is 6.07 Å². The number of ketones is 2. The van der Waals surface area contributed by atoms with Crippen LogP contribution in [-0.4, -0.2) is 33.8 Å². The van der Waals surface area contributed by atoms with Gasteiger partial charge in [-0.3, -0.25) is 14.4 Å². The number of aromatic nitrogens is 1. The number of anilines is 1. The third-order valence-corrected chi connectivity index (χ3v) is 5.10. The maximum Gasteiger partial charge on any atom is 0.272 e. The molecule has 1 unspecified atom stereocenters. The molecule has 0 saturated carbocycles. The molecule has 1 aromatic heterocycles. The summed E-state index contributed by atoms with van der Waals surface area (Å²) in [4.78, 5) is 41.2. The van der Waals surface area contributed by atoms with E-state index in [1.165, 1.54) is 16.7 Å². The van der Waals surface area contributed by atoms with Gasteiger partial charge in [0.2, 0.25) is 17.3 Å². The van der Waals surface area contributed by atoms with Crippen LogP contribution in [0, 0.1) is 44.5 Å². The first-order chi connectivity index (χ1) is 14.7. The maximum absolute atomic E-state index is 13.5. The highest BCUT2D eigenvalue weighted by Crippen LogP contribution is 2.26. The molecule has 0 aliphatic rings. The SMILES string of the molecule is [C-]#[N+]c1cc(NC(=O)c2c(C)c(C(=O)C(=O)CC(C#C)CCO)c(C)n2C)ccc1F. The number of carbonyl (C=O) groups excluding carboxylic acids is 3.